The van der Waals surface area contributed by atoms with Crippen molar-refractivity contribution in [1.82, 2.24) is 0 Å². The van der Waals surface area contributed by atoms with Crippen LogP contribution in [0.15, 0.2) is 12.2 Å². The minimum absolute atomic E-state index is 0.0263. The summed E-state index contributed by atoms with van der Waals surface area (Å²) in [5.41, 5.74) is 0.120. The van der Waals surface area contributed by atoms with E-state index in [1.54, 1.807) is 13.8 Å². The predicted octanol–water partition coefficient (Wildman–Crippen LogP) is 1.23. The van der Waals surface area contributed by atoms with Gasteiger partial charge in [0.2, 0.25) is 0 Å². The molecule has 0 heterocycles. The van der Waals surface area contributed by atoms with Crippen LogP contribution in [0.4, 0.5) is 0 Å². The van der Waals surface area contributed by atoms with Crippen LogP contribution in [0.1, 0.15) is 13.8 Å². The molecule has 0 aliphatic carbocycles. The normalized spacial score (nSPS) is 12.8. The van der Waals surface area contributed by atoms with Gasteiger partial charge < -0.3 is 4.74 Å². The third-order valence-corrected chi connectivity index (χ3v) is 1.51. The minimum atomic E-state index is -0.697. The fourth-order valence-corrected chi connectivity index (χ4v) is 0.835. The van der Waals surface area contributed by atoms with Crippen LogP contribution < -0.4 is 0 Å². The molecule has 0 saturated carbocycles. The van der Waals surface area contributed by atoms with E-state index in [1.807, 2.05) is 0 Å². The van der Waals surface area contributed by atoms with E-state index in [1.165, 1.54) is 7.11 Å². The smallest absolute Gasteiger partial charge is 0.335 e. The molecule has 4 heteroatoms. The fourth-order valence-electron chi connectivity index (χ4n) is 0.835. The monoisotopic (exact) mass is 174 g/mol. The summed E-state index contributed by atoms with van der Waals surface area (Å²) in [6, 6.07) is 0. The molecule has 0 aliphatic heterocycles. The van der Waals surface area contributed by atoms with Gasteiger partial charge in [-0.3, -0.25) is 5.26 Å². The highest BCUT2D eigenvalue weighted by Crippen LogP contribution is 2.14. The summed E-state index contributed by atoms with van der Waals surface area (Å²) in [4.78, 5) is 15.0. The maximum absolute atomic E-state index is 10.9. The van der Waals surface area contributed by atoms with Crippen molar-refractivity contribution < 1.29 is 19.7 Å². The van der Waals surface area contributed by atoms with Crippen LogP contribution in [0.2, 0.25) is 0 Å². The third kappa shape index (κ3) is 2.64. The van der Waals surface area contributed by atoms with Crippen molar-refractivity contribution in [2.45, 2.75) is 20.0 Å². The van der Waals surface area contributed by atoms with Gasteiger partial charge in [-0.05, 0) is 5.92 Å². The molecule has 4 nitrogen and oxygen atoms in total. The van der Waals surface area contributed by atoms with Crippen molar-refractivity contribution in [2.75, 3.05) is 7.11 Å². The van der Waals surface area contributed by atoms with E-state index in [2.05, 4.69) is 16.2 Å². The van der Waals surface area contributed by atoms with Gasteiger partial charge in [-0.15, -0.1) is 0 Å². The summed E-state index contributed by atoms with van der Waals surface area (Å²) in [5, 5.41) is 8.44. The zero-order valence-corrected chi connectivity index (χ0v) is 7.53. The van der Waals surface area contributed by atoms with Crippen LogP contribution in [0.5, 0.6) is 0 Å². The average Bonchev–Trinajstić information content (AvgIpc) is 2.03. The average molecular weight is 174 g/mol. The summed E-state index contributed by atoms with van der Waals surface area (Å²) in [5.74, 6) is -0.593. The maximum Gasteiger partial charge on any atom is 0.335 e. The summed E-state index contributed by atoms with van der Waals surface area (Å²) >= 11 is 0. The second kappa shape index (κ2) is 4.90. The van der Waals surface area contributed by atoms with Gasteiger partial charge in [-0.2, -0.15) is 0 Å². The molecule has 12 heavy (non-hydrogen) atoms. The Balaban J connectivity index is 4.32. The summed E-state index contributed by atoms with van der Waals surface area (Å²) in [6.07, 6.45) is -0.697. The van der Waals surface area contributed by atoms with Gasteiger partial charge in [0.25, 0.3) is 0 Å². The fraction of sp³-hybridized carbons (Fsp3) is 0.625. The Kier molecular flexibility index (Phi) is 4.54. The Labute approximate surface area is 71.7 Å². The van der Waals surface area contributed by atoms with E-state index in [-0.39, 0.29) is 11.5 Å². The highest BCUT2D eigenvalue weighted by atomic mass is 17.1. The molecule has 0 rings (SSSR count). The third-order valence-electron chi connectivity index (χ3n) is 1.51. The number of hydrogen-bond acceptors (Lipinski definition) is 4. The standard InChI is InChI=1S/C8H14O4/c1-5(2)7(12-10)6(3)8(9)11-4/h5,7,10H,3H2,1-2,4H3. The Hall–Kier alpha value is -0.870. The summed E-state index contributed by atoms with van der Waals surface area (Å²) in [6.45, 7) is 7.06. The highest BCUT2D eigenvalue weighted by molar-refractivity contribution is 5.88. The largest absolute Gasteiger partial charge is 0.466 e. The first-order valence-corrected chi connectivity index (χ1v) is 3.62. The molecule has 0 spiro atoms. The van der Waals surface area contributed by atoms with Crippen molar-refractivity contribution in [2.24, 2.45) is 5.92 Å². The molecule has 0 aromatic rings. The van der Waals surface area contributed by atoms with Crippen molar-refractivity contribution in [3.63, 3.8) is 0 Å². The van der Waals surface area contributed by atoms with E-state index < -0.39 is 12.1 Å². The number of hydrogen-bond donors (Lipinski definition) is 1. The van der Waals surface area contributed by atoms with Gasteiger partial charge in [0.15, 0.2) is 0 Å². The number of carbonyl (C=O) groups is 1. The molecule has 0 aromatic carbocycles. The molecule has 70 valence electrons. The molecule has 1 N–H and O–H groups in total. The Morgan fingerprint density at radius 1 is 1.50 bits per heavy atom. The van der Waals surface area contributed by atoms with E-state index in [4.69, 9.17) is 5.26 Å². The Bertz CT molecular complexity index is 174. The first kappa shape index (κ1) is 11.1. The molecule has 0 fully saturated rings. The summed E-state index contributed by atoms with van der Waals surface area (Å²) < 4.78 is 4.42. The lowest BCUT2D eigenvalue weighted by Gasteiger charge is -2.17. The second-order valence-corrected chi connectivity index (χ2v) is 2.79. The number of esters is 1. The minimum Gasteiger partial charge on any atom is -0.466 e. The number of rotatable bonds is 4. The second-order valence-electron chi connectivity index (χ2n) is 2.79. The van der Waals surface area contributed by atoms with Crippen LogP contribution in [0.3, 0.4) is 0 Å². The van der Waals surface area contributed by atoms with Crippen LogP contribution in [0.25, 0.3) is 0 Å². The van der Waals surface area contributed by atoms with E-state index in [0.717, 1.165) is 0 Å². The lowest BCUT2D eigenvalue weighted by molar-refractivity contribution is -0.277. The molecule has 1 unspecified atom stereocenters. The van der Waals surface area contributed by atoms with E-state index in [9.17, 15) is 4.79 Å². The van der Waals surface area contributed by atoms with Crippen molar-refractivity contribution >= 4 is 5.97 Å². The SMILES string of the molecule is C=C(C(=O)OC)C(OO)C(C)C. The molecule has 0 saturated heterocycles. The first-order chi connectivity index (χ1) is 5.54. The topological polar surface area (TPSA) is 55.8 Å². The van der Waals surface area contributed by atoms with Gasteiger partial charge in [0, 0.05) is 0 Å². The number of carbonyl (C=O) groups excluding carboxylic acids is 1. The predicted molar refractivity (Wildman–Crippen MR) is 43.5 cm³/mol. The zero-order valence-electron chi connectivity index (χ0n) is 7.53. The van der Waals surface area contributed by atoms with Crippen LogP contribution in [-0.4, -0.2) is 24.4 Å². The van der Waals surface area contributed by atoms with Crippen LogP contribution >= 0.6 is 0 Å². The molecule has 0 aromatic heterocycles. The van der Waals surface area contributed by atoms with Crippen LogP contribution in [0, 0.1) is 5.92 Å². The molecule has 0 amide bonds. The first-order valence-electron chi connectivity index (χ1n) is 3.62. The Morgan fingerprint density at radius 3 is 2.25 bits per heavy atom. The van der Waals surface area contributed by atoms with E-state index >= 15 is 0 Å². The van der Waals surface area contributed by atoms with Gasteiger partial charge in [-0.1, -0.05) is 20.4 Å². The quantitative estimate of drug-likeness (QED) is 0.301. The van der Waals surface area contributed by atoms with E-state index in [0.29, 0.717) is 0 Å². The molecule has 1 atom stereocenters. The zero-order chi connectivity index (χ0) is 9.72. The van der Waals surface area contributed by atoms with Crippen LogP contribution in [-0.2, 0) is 14.4 Å². The van der Waals surface area contributed by atoms with Crippen molar-refractivity contribution in [1.29, 1.82) is 0 Å². The molecular formula is C8H14O4. The van der Waals surface area contributed by atoms with Gasteiger partial charge in [-0.25, -0.2) is 9.68 Å². The molecular weight excluding hydrogens is 160 g/mol. The maximum atomic E-state index is 10.9. The molecule has 0 radical (unpaired) electrons. The van der Waals surface area contributed by atoms with Gasteiger partial charge in [0.05, 0.1) is 12.7 Å². The number of methoxy groups -OCH3 is 1. The number of ether oxygens (including phenoxy) is 1. The molecule has 0 aliphatic rings. The summed E-state index contributed by atoms with van der Waals surface area (Å²) in [7, 11) is 1.25. The van der Waals surface area contributed by atoms with Crippen molar-refractivity contribution in [3.8, 4) is 0 Å². The lowest BCUT2D eigenvalue weighted by atomic mass is 10.0. The lowest BCUT2D eigenvalue weighted by Crippen LogP contribution is -2.25. The molecule has 0 bridgehead atoms. The highest BCUT2D eigenvalue weighted by Gasteiger charge is 2.23. The Morgan fingerprint density at radius 2 is 2.00 bits per heavy atom. The van der Waals surface area contributed by atoms with Gasteiger partial charge in [0.1, 0.15) is 6.10 Å². The van der Waals surface area contributed by atoms with Crippen molar-refractivity contribution in [3.05, 3.63) is 12.2 Å². The van der Waals surface area contributed by atoms with Gasteiger partial charge >= 0.3 is 5.97 Å².